The third kappa shape index (κ3) is 2.36. The largest absolute Gasteiger partial charge is 0.299 e. The second kappa shape index (κ2) is 6.05. The Hall–Kier alpha value is -0.590. The van der Waals surface area contributed by atoms with Gasteiger partial charge in [-0.1, -0.05) is 39.3 Å². The Morgan fingerprint density at radius 1 is 1.04 bits per heavy atom. The highest BCUT2D eigenvalue weighted by molar-refractivity contribution is 5.82. The first-order valence-electron chi connectivity index (χ1n) is 10.2. The van der Waals surface area contributed by atoms with Crippen LogP contribution in [0.5, 0.6) is 0 Å². The van der Waals surface area contributed by atoms with Crippen molar-refractivity contribution in [3.8, 4) is 0 Å². The highest BCUT2D eigenvalue weighted by Gasteiger charge is 2.58. The quantitative estimate of drug-likeness (QED) is 0.488. The van der Waals surface area contributed by atoms with E-state index in [0.717, 1.165) is 30.6 Å². The molecule has 3 saturated carbocycles. The van der Waals surface area contributed by atoms with Crippen LogP contribution in [0.3, 0.4) is 0 Å². The van der Waals surface area contributed by atoms with Crippen LogP contribution in [0.1, 0.15) is 86.0 Å². The lowest BCUT2D eigenvalue weighted by Crippen LogP contribution is -2.54. The molecule has 4 aliphatic rings. The number of ketones is 1. The summed E-state index contributed by atoms with van der Waals surface area (Å²) in [6.45, 7) is 11.4. The molecule has 0 aromatic carbocycles. The van der Waals surface area contributed by atoms with E-state index in [2.05, 4.69) is 26.8 Å². The Kier molecular flexibility index (Phi) is 4.53. The summed E-state index contributed by atoms with van der Waals surface area (Å²) >= 11 is 0. The minimum Gasteiger partial charge on any atom is -0.299 e. The van der Waals surface area contributed by atoms with Crippen molar-refractivity contribution in [2.45, 2.75) is 86.0 Å². The smallest absolute Gasteiger partial charge is 0.136 e. The predicted molar refractivity (Wildman–Crippen MR) is 97.2 cm³/mol. The normalized spacial score (nSPS) is 48.4. The maximum absolute atomic E-state index is 12.4. The van der Waals surface area contributed by atoms with E-state index in [-0.39, 0.29) is 0 Å². The van der Waals surface area contributed by atoms with Crippen molar-refractivity contribution in [2.75, 3.05) is 0 Å². The molecule has 23 heavy (non-hydrogen) atoms. The second-order valence-electron chi connectivity index (χ2n) is 8.91. The van der Waals surface area contributed by atoms with Crippen LogP contribution in [0.25, 0.3) is 0 Å². The molecule has 0 aromatic heterocycles. The van der Waals surface area contributed by atoms with Gasteiger partial charge in [-0.25, -0.2) is 0 Å². The second-order valence-corrected chi connectivity index (χ2v) is 8.91. The molecule has 0 bridgehead atoms. The lowest BCUT2D eigenvalue weighted by molar-refractivity contribution is -0.146. The summed E-state index contributed by atoms with van der Waals surface area (Å²) in [7, 11) is 0. The molecule has 0 saturated heterocycles. The Morgan fingerprint density at radius 2 is 1.78 bits per heavy atom. The third-order valence-corrected chi connectivity index (χ3v) is 8.36. The van der Waals surface area contributed by atoms with E-state index >= 15 is 0 Å². The van der Waals surface area contributed by atoms with Crippen LogP contribution in [-0.2, 0) is 4.79 Å². The maximum atomic E-state index is 12.4. The molecular formula is C22H36O. The number of rotatable bonds is 0. The highest BCUT2D eigenvalue weighted by atomic mass is 16.1. The molecule has 6 atom stereocenters. The number of allylic oxidation sites excluding steroid dienone is 2. The average molecular weight is 317 g/mol. The molecular weight excluding hydrogens is 280 g/mol. The summed E-state index contributed by atoms with van der Waals surface area (Å²) in [5.74, 6) is 3.55. The zero-order valence-corrected chi connectivity index (χ0v) is 16.0. The lowest BCUT2D eigenvalue weighted by atomic mass is 9.45. The number of hydrogen-bond acceptors (Lipinski definition) is 1. The molecule has 0 aliphatic heterocycles. The van der Waals surface area contributed by atoms with Crippen molar-refractivity contribution < 1.29 is 4.79 Å². The summed E-state index contributed by atoms with van der Waals surface area (Å²) in [4.78, 5) is 12.4. The minimum absolute atomic E-state index is 0.329. The molecule has 0 N–H and O–H groups in total. The standard InChI is InChI=1S/C20H30O.C2H6/c1-13-6-8-15-14-7-9-17-18(21)5-4-11-20(17,3)16(14)10-12-19(13,15)2;1-2/h6,14-17H,4-5,7-12H2,1-3H3;1-2H3. The first kappa shape index (κ1) is 17.2. The highest BCUT2D eigenvalue weighted by Crippen LogP contribution is 2.65. The fraction of sp³-hybridized carbons (Fsp3) is 0.864. The predicted octanol–water partition coefficient (Wildman–Crippen LogP) is 6.18. The minimum atomic E-state index is 0.329. The van der Waals surface area contributed by atoms with Gasteiger partial charge >= 0.3 is 0 Å². The lowest BCUT2D eigenvalue weighted by Gasteiger charge is -2.59. The van der Waals surface area contributed by atoms with Gasteiger partial charge in [0.1, 0.15) is 5.78 Å². The van der Waals surface area contributed by atoms with E-state index < -0.39 is 0 Å². The fourth-order valence-electron chi connectivity index (χ4n) is 6.94. The topological polar surface area (TPSA) is 17.1 Å². The third-order valence-electron chi connectivity index (χ3n) is 8.36. The summed E-state index contributed by atoms with van der Waals surface area (Å²) in [6, 6.07) is 0. The van der Waals surface area contributed by atoms with Gasteiger partial charge in [0, 0.05) is 12.3 Å². The molecule has 3 fully saturated rings. The Bertz CT molecular complexity index is 504. The van der Waals surface area contributed by atoms with Crippen LogP contribution in [0.15, 0.2) is 11.6 Å². The van der Waals surface area contributed by atoms with E-state index in [1.807, 2.05) is 13.8 Å². The molecule has 4 rings (SSSR count). The van der Waals surface area contributed by atoms with Crippen LogP contribution in [-0.4, -0.2) is 5.78 Å². The van der Waals surface area contributed by atoms with Crippen molar-refractivity contribution in [2.24, 2.45) is 34.5 Å². The molecule has 0 radical (unpaired) electrons. The molecule has 0 heterocycles. The van der Waals surface area contributed by atoms with Gasteiger partial charge in [-0.2, -0.15) is 0 Å². The average Bonchev–Trinajstić information content (AvgIpc) is 2.85. The summed E-state index contributed by atoms with van der Waals surface area (Å²) < 4.78 is 0. The Labute approximate surface area is 143 Å². The van der Waals surface area contributed by atoms with Gasteiger partial charge in [0.15, 0.2) is 0 Å². The fourth-order valence-corrected chi connectivity index (χ4v) is 6.94. The monoisotopic (exact) mass is 316 g/mol. The van der Waals surface area contributed by atoms with Gasteiger partial charge in [0.05, 0.1) is 0 Å². The number of fused-ring (bicyclic) bond motifs is 5. The van der Waals surface area contributed by atoms with Gasteiger partial charge in [-0.05, 0) is 80.5 Å². The molecule has 6 unspecified atom stereocenters. The molecule has 1 nitrogen and oxygen atoms in total. The van der Waals surface area contributed by atoms with Crippen molar-refractivity contribution in [3.63, 3.8) is 0 Å². The number of Topliss-reactive ketones (excluding diaryl/α,β-unsaturated/α-hetero) is 1. The first-order valence-corrected chi connectivity index (χ1v) is 10.2. The Morgan fingerprint density at radius 3 is 2.52 bits per heavy atom. The number of carbonyl (C=O) groups is 1. The summed E-state index contributed by atoms with van der Waals surface area (Å²) in [5.41, 5.74) is 2.46. The van der Waals surface area contributed by atoms with Gasteiger partial charge in [0.25, 0.3) is 0 Å². The van der Waals surface area contributed by atoms with Gasteiger partial charge in [-0.3, -0.25) is 4.79 Å². The number of hydrogen-bond donors (Lipinski definition) is 0. The number of carbonyl (C=O) groups excluding carboxylic acids is 1. The van der Waals surface area contributed by atoms with E-state index in [1.54, 1.807) is 5.57 Å². The Balaban J connectivity index is 0.000000753. The van der Waals surface area contributed by atoms with Crippen LogP contribution in [0.4, 0.5) is 0 Å². The van der Waals surface area contributed by atoms with Crippen molar-refractivity contribution in [3.05, 3.63) is 11.6 Å². The molecule has 4 aliphatic carbocycles. The van der Waals surface area contributed by atoms with Crippen LogP contribution in [0, 0.1) is 34.5 Å². The van der Waals surface area contributed by atoms with Crippen molar-refractivity contribution in [1.82, 2.24) is 0 Å². The van der Waals surface area contributed by atoms with E-state index in [9.17, 15) is 4.79 Å². The SMILES string of the molecule is CC.CC1=CCC2C3CCC4C(=O)CCCC4(C)C3CCC12C. The molecule has 0 aromatic rings. The van der Waals surface area contributed by atoms with E-state index in [4.69, 9.17) is 0 Å². The van der Waals surface area contributed by atoms with E-state index in [0.29, 0.717) is 22.5 Å². The maximum Gasteiger partial charge on any atom is 0.136 e. The molecule has 1 heteroatoms. The molecule has 0 spiro atoms. The summed E-state index contributed by atoms with van der Waals surface area (Å²) in [5, 5.41) is 0. The van der Waals surface area contributed by atoms with Crippen LogP contribution in [0.2, 0.25) is 0 Å². The first-order chi connectivity index (χ1) is 11.0. The van der Waals surface area contributed by atoms with Crippen molar-refractivity contribution >= 4 is 5.78 Å². The van der Waals surface area contributed by atoms with Gasteiger partial charge in [0.2, 0.25) is 0 Å². The van der Waals surface area contributed by atoms with Crippen molar-refractivity contribution in [1.29, 1.82) is 0 Å². The van der Waals surface area contributed by atoms with Crippen LogP contribution < -0.4 is 0 Å². The van der Waals surface area contributed by atoms with E-state index in [1.165, 1.54) is 38.5 Å². The van der Waals surface area contributed by atoms with Crippen LogP contribution >= 0.6 is 0 Å². The zero-order chi connectivity index (χ0) is 16.8. The molecule has 0 amide bonds. The summed E-state index contributed by atoms with van der Waals surface area (Å²) in [6.07, 6.45) is 12.4. The van der Waals surface area contributed by atoms with Gasteiger partial charge in [-0.15, -0.1) is 0 Å². The van der Waals surface area contributed by atoms with Gasteiger partial charge < -0.3 is 0 Å². The molecule has 130 valence electrons. The zero-order valence-electron chi connectivity index (χ0n) is 16.0.